The largest absolute Gasteiger partial charge is 0.286 e. The molecule has 0 bridgehead atoms. The molecule has 0 saturated carbocycles. The highest BCUT2D eigenvalue weighted by molar-refractivity contribution is 8.15. The van der Waals surface area contributed by atoms with Crippen molar-refractivity contribution in [3.05, 3.63) is 35.9 Å². The second-order valence-corrected chi connectivity index (χ2v) is 4.94. The lowest BCUT2D eigenvalue weighted by molar-refractivity contribution is -0.119. The molecule has 1 N–H and O–H groups in total. The Morgan fingerprint density at radius 2 is 1.94 bits per heavy atom. The van der Waals surface area contributed by atoms with E-state index in [0.29, 0.717) is 0 Å². The highest BCUT2D eigenvalue weighted by atomic mass is 32.2. The van der Waals surface area contributed by atoms with Crippen molar-refractivity contribution in [2.24, 2.45) is 0 Å². The van der Waals surface area contributed by atoms with Crippen molar-refractivity contribution in [3.63, 3.8) is 0 Å². The molecule has 3 nitrogen and oxygen atoms in total. The van der Waals surface area contributed by atoms with E-state index >= 15 is 0 Å². The molecule has 84 valence electrons. The maximum atomic E-state index is 11.3. The molecule has 0 spiro atoms. The maximum Gasteiger partial charge on any atom is 0.286 e. The van der Waals surface area contributed by atoms with Crippen molar-refractivity contribution < 1.29 is 9.59 Å². The average Bonchev–Trinajstić information content (AvgIpc) is 2.59. The van der Waals surface area contributed by atoms with Crippen molar-refractivity contribution in [3.8, 4) is 0 Å². The summed E-state index contributed by atoms with van der Waals surface area (Å²) in [7, 11) is 0. The summed E-state index contributed by atoms with van der Waals surface area (Å²) in [4.78, 5) is 22.2. The number of carbonyl (C=O) groups excluding carboxylic acids is 2. The SMILES string of the molecule is O=C1NC(=O)C(CCCc2ccccc2)S1. The smallest absolute Gasteiger partial charge is 0.286 e. The van der Waals surface area contributed by atoms with Gasteiger partial charge in [0, 0.05) is 0 Å². The number of rotatable bonds is 4. The third-order valence-corrected chi connectivity index (χ3v) is 3.59. The summed E-state index contributed by atoms with van der Waals surface area (Å²) < 4.78 is 0. The van der Waals surface area contributed by atoms with Gasteiger partial charge in [0.25, 0.3) is 5.24 Å². The summed E-state index contributed by atoms with van der Waals surface area (Å²) in [5.74, 6) is -0.136. The molecule has 1 aliphatic rings. The first kappa shape index (κ1) is 11.2. The fourth-order valence-electron chi connectivity index (χ4n) is 1.72. The molecule has 1 aromatic carbocycles. The first-order valence-corrected chi connectivity index (χ1v) is 6.19. The van der Waals surface area contributed by atoms with E-state index in [1.54, 1.807) is 0 Å². The molecule has 1 unspecified atom stereocenters. The summed E-state index contributed by atoms with van der Waals surface area (Å²) in [5.41, 5.74) is 1.28. The molecule has 1 atom stereocenters. The van der Waals surface area contributed by atoms with Gasteiger partial charge in [0.1, 0.15) is 0 Å². The van der Waals surface area contributed by atoms with Gasteiger partial charge in [-0.2, -0.15) is 0 Å². The van der Waals surface area contributed by atoms with Crippen LogP contribution in [0.2, 0.25) is 0 Å². The molecule has 1 fully saturated rings. The van der Waals surface area contributed by atoms with E-state index in [9.17, 15) is 9.59 Å². The Morgan fingerprint density at radius 1 is 1.19 bits per heavy atom. The van der Waals surface area contributed by atoms with E-state index in [1.807, 2.05) is 18.2 Å². The number of imide groups is 1. The predicted octanol–water partition coefficient (Wildman–Crippen LogP) is 2.36. The minimum absolute atomic E-state index is 0.136. The van der Waals surface area contributed by atoms with Crippen LogP contribution in [-0.2, 0) is 11.2 Å². The fraction of sp³-hybridized carbons (Fsp3) is 0.333. The summed E-state index contributed by atoms with van der Waals surface area (Å²) in [6.45, 7) is 0. The summed E-state index contributed by atoms with van der Waals surface area (Å²) in [6, 6.07) is 10.2. The van der Waals surface area contributed by atoms with Gasteiger partial charge >= 0.3 is 0 Å². The van der Waals surface area contributed by atoms with E-state index in [0.717, 1.165) is 31.0 Å². The Morgan fingerprint density at radius 3 is 2.56 bits per heavy atom. The number of hydrogen-bond acceptors (Lipinski definition) is 3. The third-order valence-electron chi connectivity index (χ3n) is 2.54. The quantitative estimate of drug-likeness (QED) is 0.871. The zero-order chi connectivity index (χ0) is 11.4. The van der Waals surface area contributed by atoms with Gasteiger partial charge in [-0.25, -0.2) is 0 Å². The highest BCUT2D eigenvalue weighted by Gasteiger charge is 2.30. The minimum atomic E-state index is -0.213. The standard InChI is InChI=1S/C12H13NO2S/c14-11-10(16-12(15)13-11)8-4-7-9-5-2-1-3-6-9/h1-3,5-6,10H,4,7-8H2,(H,13,14,15). The molecule has 4 heteroatoms. The van der Waals surface area contributed by atoms with Crippen molar-refractivity contribution in [2.45, 2.75) is 24.5 Å². The lowest BCUT2D eigenvalue weighted by atomic mass is 10.1. The average molecular weight is 235 g/mol. The Labute approximate surface area is 98.6 Å². The Hall–Kier alpha value is -1.29. The van der Waals surface area contributed by atoms with Gasteiger partial charge in [0.2, 0.25) is 5.91 Å². The van der Waals surface area contributed by atoms with E-state index in [4.69, 9.17) is 0 Å². The van der Waals surface area contributed by atoms with Gasteiger partial charge in [0.05, 0.1) is 5.25 Å². The number of nitrogens with one attached hydrogen (secondary N) is 1. The lowest BCUT2D eigenvalue weighted by Crippen LogP contribution is -2.24. The van der Waals surface area contributed by atoms with Crippen LogP contribution < -0.4 is 5.32 Å². The topological polar surface area (TPSA) is 46.2 Å². The van der Waals surface area contributed by atoms with E-state index in [-0.39, 0.29) is 16.4 Å². The molecule has 1 saturated heterocycles. The predicted molar refractivity (Wildman–Crippen MR) is 64.3 cm³/mol. The van der Waals surface area contributed by atoms with Gasteiger partial charge in [-0.05, 0) is 24.8 Å². The number of benzene rings is 1. The number of thioether (sulfide) groups is 1. The highest BCUT2D eigenvalue weighted by Crippen LogP contribution is 2.23. The molecule has 1 heterocycles. The van der Waals surface area contributed by atoms with Crippen molar-refractivity contribution in [2.75, 3.05) is 0 Å². The van der Waals surface area contributed by atoms with Gasteiger partial charge in [-0.1, -0.05) is 42.1 Å². The number of carbonyl (C=O) groups is 2. The van der Waals surface area contributed by atoms with Crippen LogP contribution in [0.25, 0.3) is 0 Å². The fourth-order valence-corrected chi connectivity index (χ4v) is 2.59. The number of amides is 2. The second kappa shape index (κ2) is 5.16. The van der Waals surface area contributed by atoms with E-state index in [2.05, 4.69) is 17.4 Å². The van der Waals surface area contributed by atoms with Crippen LogP contribution in [-0.4, -0.2) is 16.4 Å². The van der Waals surface area contributed by atoms with Gasteiger partial charge in [-0.3, -0.25) is 14.9 Å². The van der Waals surface area contributed by atoms with Crippen molar-refractivity contribution in [1.82, 2.24) is 5.32 Å². The first-order valence-electron chi connectivity index (χ1n) is 5.31. The summed E-state index contributed by atoms with van der Waals surface area (Å²) >= 11 is 1.11. The van der Waals surface area contributed by atoms with Gasteiger partial charge in [-0.15, -0.1) is 0 Å². The van der Waals surface area contributed by atoms with Crippen LogP contribution in [0.15, 0.2) is 30.3 Å². The van der Waals surface area contributed by atoms with Crippen LogP contribution in [0.3, 0.4) is 0 Å². The molecule has 16 heavy (non-hydrogen) atoms. The summed E-state index contributed by atoms with van der Waals surface area (Å²) in [5, 5.41) is 1.90. The van der Waals surface area contributed by atoms with Gasteiger partial charge in [0.15, 0.2) is 0 Å². The van der Waals surface area contributed by atoms with E-state index < -0.39 is 0 Å². The molecule has 2 amide bonds. The molecule has 1 aliphatic heterocycles. The van der Waals surface area contributed by atoms with Crippen LogP contribution in [0.5, 0.6) is 0 Å². The molecule has 1 aromatic rings. The summed E-state index contributed by atoms with van der Waals surface area (Å²) in [6.07, 6.45) is 2.65. The zero-order valence-corrected chi connectivity index (χ0v) is 9.63. The second-order valence-electron chi connectivity index (χ2n) is 3.76. The number of hydrogen-bond donors (Lipinski definition) is 1. The van der Waals surface area contributed by atoms with E-state index in [1.165, 1.54) is 5.56 Å². The van der Waals surface area contributed by atoms with Crippen LogP contribution in [0.4, 0.5) is 4.79 Å². The molecule has 0 aromatic heterocycles. The first-order chi connectivity index (χ1) is 7.75. The van der Waals surface area contributed by atoms with Crippen LogP contribution in [0.1, 0.15) is 18.4 Å². The zero-order valence-electron chi connectivity index (χ0n) is 8.81. The normalized spacial score (nSPS) is 19.9. The molecule has 0 aliphatic carbocycles. The molecule has 0 radical (unpaired) electrons. The Balaban J connectivity index is 1.76. The van der Waals surface area contributed by atoms with Crippen molar-refractivity contribution >= 4 is 22.9 Å². The Kier molecular flexibility index (Phi) is 3.62. The molecule has 2 rings (SSSR count). The third kappa shape index (κ3) is 2.85. The lowest BCUT2D eigenvalue weighted by Gasteiger charge is -2.04. The van der Waals surface area contributed by atoms with Crippen molar-refractivity contribution in [1.29, 1.82) is 0 Å². The molecular weight excluding hydrogens is 222 g/mol. The molecular formula is C12H13NO2S. The minimum Gasteiger partial charge on any atom is -0.286 e. The van der Waals surface area contributed by atoms with Gasteiger partial charge < -0.3 is 0 Å². The number of aryl methyl sites for hydroxylation is 1. The van der Waals surface area contributed by atoms with Crippen LogP contribution >= 0.6 is 11.8 Å². The Bertz CT molecular complexity index is 391. The monoisotopic (exact) mass is 235 g/mol. The maximum absolute atomic E-state index is 11.3. The van der Waals surface area contributed by atoms with Crippen LogP contribution in [0, 0.1) is 0 Å².